The van der Waals surface area contributed by atoms with Crippen molar-refractivity contribution < 1.29 is 4.74 Å². The predicted octanol–water partition coefficient (Wildman–Crippen LogP) is 4.95. The Bertz CT molecular complexity index is 571. The van der Waals surface area contributed by atoms with Crippen LogP contribution >= 0.6 is 27.5 Å². The summed E-state index contributed by atoms with van der Waals surface area (Å²) in [7, 11) is 0. The number of nitrogens with one attached hydrogen (secondary N) is 1. The molecule has 0 aliphatic carbocycles. The number of halogens is 2. The zero-order valence-corrected chi connectivity index (χ0v) is 10.5. The van der Waals surface area contributed by atoms with Gasteiger partial charge in [0.2, 0.25) is 0 Å². The maximum atomic E-state index is 5.92. The van der Waals surface area contributed by atoms with Crippen LogP contribution < -0.4 is 10.1 Å². The summed E-state index contributed by atoms with van der Waals surface area (Å²) in [6.07, 6.45) is 0. The number of fused-ring (bicyclic) bond motifs is 2. The lowest BCUT2D eigenvalue weighted by molar-refractivity contribution is 0.481. The largest absolute Gasteiger partial charge is 0.453 e. The molecule has 2 aromatic rings. The Morgan fingerprint density at radius 1 is 1.12 bits per heavy atom. The quantitative estimate of drug-likeness (QED) is 0.633. The molecule has 0 spiro atoms. The van der Waals surface area contributed by atoms with E-state index in [0.29, 0.717) is 5.02 Å². The Morgan fingerprint density at radius 2 is 2.00 bits per heavy atom. The summed E-state index contributed by atoms with van der Waals surface area (Å²) < 4.78 is 6.74. The van der Waals surface area contributed by atoms with Gasteiger partial charge in [-0.25, -0.2) is 0 Å². The van der Waals surface area contributed by atoms with Gasteiger partial charge in [0.1, 0.15) is 0 Å². The molecule has 4 heteroatoms. The minimum atomic E-state index is 0.666. The maximum absolute atomic E-state index is 5.92. The van der Waals surface area contributed by atoms with E-state index in [1.165, 1.54) is 0 Å². The smallest absolute Gasteiger partial charge is 0.152 e. The molecular weight excluding hydrogens is 289 g/mol. The third-order valence-electron chi connectivity index (χ3n) is 2.40. The molecule has 1 aliphatic heterocycles. The normalized spacial score (nSPS) is 12.1. The van der Waals surface area contributed by atoms with E-state index in [4.69, 9.17) is 16.3 Å². The van der Waals surface area contributed by atoms with Gasteiger partial charge in [-0.15, -0.1) is 0 Å². The van der Waals surface area contributed by atoms with Crippen molar-refractivity contribution in [2.45, 2.75) is 0 Å². The van der Waals surface area contributed by atoms with Crippen LogP contribution in [0.4, 0.5) is 11.4 Å². The van der Waals surface area contributed by atoms with E-state index in [0.717, 1.165) is 27.3 Å². The van der Waals surface area contributed by atoms with Crippen molar-refractivity contribution in [3.8, 4) is 11.5 Å². The van der Waals surface area contributed by atoms with Crippen molar-refractivity contribution in [3.63, 3.8) is 0 Å². The van der Waals surface area contributed by atoms with Gasteiger partial charge in [-0.2, -0.15) is 0 Å². The van der Waals surface area contributed by atoms with Crippen LogP contribution in [0.5, 0.6) is 11.5 Å². The number of benzene rings is 2. The average Bonchev–Trinajstić information content (AvgIpc) is 2.27. The number of hydrogen-bond acceptors (Lipinski definition) is 2. The van der Waals surface area contributed by atoms with Crippen LogP contribution in [0.25, 0.3) is 0 Å². The molecule has 3 rings (SSSR count). The highest BCUT2D eigenvalue weighted by Crippen LogP contribution is 2.45. The second-order valence-electron chi connectivity index (χ2n) is 3.48. The molecule has 80 valence electrons. The number of anilines is 2. The fourth-order valence-electron chi connectivity index (χ4n) is 1.65. The minimum absolute atomic E-state index is 0.666. The standard InChI is InChI=1S/C12H7BrClNO/c13-8-2-1-3-10-12(8)15-9-5-4-7(14)6-11(9)16-10/h1-6,15H. The third kappa shape index (κ3) is 1.56. The Morgan fingerprint density at radius 3 is 2.88 bits per heavy atom. The van der Waals surface area contributed by atoms with Crippen LogP contribution in [-0.4, -0.2) is 0 Å². The van der Waals surface area contributed by atoms with Crippen LogP contribution in [0.1, 0.15) is 0 Å². The van der Waals surface area contributed by atoms with E-state index in [2.05, 4.69) is 21.2 Å². The van der Waals surface area contributed by atoms with E-state index in [-0.39, 0.29) is 0 Å². The second kappa shape index (κ2) is 3.68. The molecule has 0 unspecified atom stereocenters. The molecule has 0 fully saturated rings. The van der Waals surface area contributed by atoms with Crippen LogP contribution in [0.2, 0.25) is 5.02 Å². The van der Waals surface area contributed by atoms with E-state index in [9.17, 15) is 0 Å². The highest BCUT2D eigenvalue weighted by atomic mass is 79.9. The van der Waals surface area contributed by atoms with Gasteiger partial charge in [0, 0.05) is 15.6 Å². The summed E-state index contributed by atoms with van der Waals surface area (Å²) >= 11 is 9.40. The van der Waals surface area contributed by atoms with E-state index in [1.54, 1.807) is 6.07 Å². The predicted molar refractivity (Wildman–Crippen MR) is 69.0 cm³/mol. The maximum Gasteiger partial charge on any atom is 0.152 e. The van der Waals surface area contributed by atoms with Crippen LogP contribution in [0.3, 0.4) is 0 Å². The zero-order chi connectivity index (χ0) is 11.1. The molecule has 0 bridgehead atoms. The number of hydrogen-bond donors (Lipinski definition) is 1. The van der Waals surface area contributed by atoms with Crippen LogP contribution in [0, 0.1) is 0 Å². The molecule has 2 aromatic carbocycles. The first-order valence-corrected chi connectivity index (χ1v) is 5.94. The van der Waals surface area contributed by atoms with Crippen LogP contribution in [0.15, 0.2) is 40.9 Å². The molecule has 0 saturated carbocycles. The van der Waals surface area contributed by atoms with Crippen molar-refractivity contribution in [1.29, 1.82) is 0 Å². The van der Waals surface area contributed by atoms with E-state index >= 15 is 0 Å². The van der Waals surface area contributed by atoms with Gasteiger partial charge in [0.05, 0.1) is 11.4 Å². The molecule has 0 aromatic heterocycles. The second-order valence-corrected chi connectivity index (χ2v) is 4.77. The van der Waals surface area contributed by atoms with Crippen molar-refractivity contribution in [1.82, 2.24) is 0 Å². The van der Waals surface area contributed by atoms with Crippen molar-refractivity contribution in [3.05, 3.63) is 45.9 Å². The summed E-state index contributed by atoms with van der Waals surface area (Å²) in [6, 6.07) is 11.3. The summed E-state index contributed by atoms with van der Waals surface area (Å²) in [5.74, 6) is 1.54. The fourth-order valence-corrected chi connectivity index (χ4v) is 2.26. The number of para-hydroxylation sites is 1. The number of ether oxygens (including phenoxy) is 1. The van der Waals surface area contributed by atoms with Gasteiger partial charge in [-0.05, 0) is 40.2 Å². The summed E-state index contributed by atoms with van der Waals surface area (Å²) in [4.78, 5) is 0. The summed E-state index contributed by atoms with van der Waals surface area (Å²) in [6.45, 7) is 0. The zero-order valence-electron chi connectivity index (χ0n) is 8.13. The third-order valence-corrected chi connectivity index (χ3v) is 3.29. The molecule has 0 radical (unpaired) electrons. The molecule has 1 heterocycles. The Balaban J connectivity index is 2.13. The van der Waals surface area contributed by atoms with Gasteiger partial charge in [-0.1, -0.05) is 17.7 Å². The molecule has 16 heavy (non-hydrogen) atoms. The number of rotatable bonds is 0. The van der Waals surface area contributed by atoms with E-state index in [1.807, 2.05) is 30.3 Å². The first-order valence-electron chi connectivity index (χ1n) is 4.77. The van der Waals surface area contributed by atoms with Crippen molar-refractivity contribution in [2.24, 2.45) is 0 Å². The lowest BCUT2D eigenvalue weighted by atomic mass is 10.2. The van der Waals surface area contributed by atoms with E-state index < -0.39 is 0 Å². The first kappa shape index (κ1) is 10.00. The first-order chi connectivity index (χ1) is 7.74. The Hall–Kier alpha value is -1.19. The fraction of sp³-hybridized carbons (Fsp3) is 0. The van der Waals surface area contributed by atoms with Crippen molar-refractivity contribution in [2.75, 3.05) is 5.32 Å². The average molecular weight is 297 g/mol. The highest BCUT2D eigenvalue weighted by Gasteiger charge is 2.18. The Kier molecular flexibility index (Phi) is 2.30. The van der Waals surface area contributed by atoms with Gasteiger partial charge < -0.3 is 10.1 Å². The molecule has 1 aliphatic rings. The summed E-state index contributed by atoms with van der Waals surface area (Å²) in [5.41, 5.74) is 1.86. The van der Waals surface area contributed by atoms with Crippen molar-refractivity contribution >= 4 is 38.9 Å². The minimum Gasteiger partial charge on any atom is -0.453 e. The summed E-state index contributed by atoms with van der Waals surface area (Å²) in [5, 5.41) is 3.97. The molecule has 0 amide bonds. The van der Waals surface area contributed by atoms with Crippen LogP contribution in [-0.2, 0) is 0 Å². The molecular formula is C12H7BrClNO. The Labute approximate surface area is 106 Å². The molecule has 0 saturated heterocycles. The van der Waals surface area contributed by atoms with Gasteiger partial charge in [0.25, 0.3) is 0 Å². The van der Waals surface area contributed by atoms with Gasteiger partial charge in [-0.3, -0.25) is 0 Å². The SMILES string of the molecule is Clc1ccc2c(c1)Oc1cccc(Br)c1N2. The molecule has 2 nitrogen and oxygen atoms in total. The monoisotopic (exact) mass is 295 g/mol. The molecule has 0 atom stereocenters. The lowest BCUT2D eigenvalue weighted by Crippen LogP contribution is -2.03. The van der Waals surface area contributed by atoms with Gasteiger partial charge in [0.15, 0.2) is 11.5 Å². The highest BCUT2D eigenvalue weighted by molar-refractivity contribution is 9.10. The molecule has 1 N–H and O–H groups in total. The lowest BCUT2D eigenvalue weighted by Gasteiger charge is -2.22. The topological polar surface area (TPSA) is 21.3 Å². The van der Waals surface area contributed by atoms with Gasteiger partial charge >= 0.3 is 0 Å².